The quantitative estimate of drug-likeness (QED) is 0.747. The maximum atomic E-state index is 11.5. The summed E-state index contributed by atoms with van der Waals surface area (Å²) in [6, 6.07) is 0. The van der Waals surface area contributed by atoms with Gasteiger partial charge in [0, 0.05) is 32.4 Å². The molecule has 2 aliphatic rings. The number of esters is 1. The average Bonchev–Trinajstić information content (AvgIpc) is 3.13. The van der Waals surface area contributed by atoms with Gasteiger partial charge in [-0.25, -0.2) is 4.98 Å². The summed E-state index contributed by atoms with van der Waals surface area (Å²) in [5.41, 5.74) is -0.0251. The third kappa shape index (κ3) is 4.16. The van der Waals surface area contributed by atoms with Gasteiger partial charge in [0.1, 0.15) is 5.82 Å². The number of likely N-dealkylation sites (tertiary alicyclic amines) is 1. The lowest BCUT2D eigenvalue weighted by Gasteiger charge is -2.40. The average molecular weight is 335 g/mol. The van der Waals surface area contributed by atoms with E-state index in [1.54, 1.807) is 0 Å². The summed E-state index contributed by atoms with van der Waals surface area (Å²) >= 11 is 0. The fraction of sp³-hybridized carbons (Fsp3) is 0.778. The van der Waals surface area contributed by atoms with Crippen LogP contribution in [-0.2, 0) is 27.9 Å². The van der Waals surface area contributed by atoms with Crippen LogP contribution in [-0.4, -0.2) is 51.8 Å². The molecule has 2 atom stereocenters. The first kappa shape index (κ1) is 17.4. The highest BCUT2D eigenvalue weighted by atomic mass is 16.5. The zero-order valence-corrected chi connectivity index (χ0v) is 14.9. The fourth-order valence-electron chi connectivity index (χ4n) is 3.99. The molecule has 134 valence electrons. The molecule has 2 aliphatic heterocycles. The van der Waals surface area contributed by atoms with Crippen molar-refractivity contribution in [3.8, 4) is 0 Å². The molecule has 0 aliphatic carbocycles. The number of carbonyl (C=O) groups excluding carboxylic acids is 1. The van der Waals surface area contributed by atoms with Crippen LogP contribution in [0.5, 0.6) is 0 Å². The zero-order valence-electron chi connectivity index (χ0n) is 14.9. The van der Waals surface area contributed by atoms with Gasteiger partial charge in [-0.2, -0.15) is 0 Å². The fourth-order valence-corrected chi connectivity index (χ4v) is 3.99. The van der Waals surface area contributed by atoms with Crippen molar-refractivity contribution in [3.63, 3.8) is 0 Å². The Hall–Kier alpha value is -1.40. The number of ether oxygens (including phenoxy) is 2. The standard InChI is InChI=1S/C18H29N3O3/c1-3-23-17(22)6-5-15-7-9-18(24-15)8-4-11-21(14-18)13-16-19-10-12-20(16)2/h10,12,15H,3-9,11,13-14H2,1-2H3/t15-,18+/m1/s1. The van der Waals surface area contributed by atoms with E-state index in [0.29, 0.717) is 13.0 Å². The van der Waals surface area contributed by atoms with E-state index in [2.05, 4.69) is 14.5 Å². The van der Waals surface area contributed by atoms with Crippen LogP contribution in [0.1, 0.15) is 51.3 Å². The molecule has 0 unspecified atom stereocenters. The van der Waals surface area contributed by atoms with Crippen molar-refractivity contribution < 1.29 is 14.3 Å². The van der Waals surface area contributed by atoms with Gasteiger partial charge in [-0.1, -0.05) is 0 Å². The van der Waals surface area contributed by atoms with Crippen LogP contribution in [0.2, 0.25) is 0 Å². The summed E-state index contributed by atoms with van der Waals surface area (Å²) in [4.78, 5) is 18.4. The monoisotopic (exact) mass is 335 g/mol. The molecule has 0 amide bonds. The summed E-state index contributed by atoms with van der Waals surface area (Å²) in [6.07, 6.45) is 9.72. The smallest absolute Gasteiger partial charge is 0.305 e. The van der Waals surface area contributed by atoms with Gasteiger partial charge in [0.15, 0.2) is 0 Å². The van der Waals surface area contributed by atoms with E-state index < -0.39 is 0 Å². The molecule has 0 bridgehead atoms. The highest BCUT2D eigenvalue weighted by Gasteiger charge is 2.43. The maximum Gasteiger partial charge on any atom is 0.305 e. The van der Waals surface area contributed by atoms with Gasteiger partial charge in [-0.3, -0.25) is 9.69 Å². The van der Waals surface area contributed by atoms with E-state index in [0.717, 1.165) is 57.6 Å². The lowest BCUT2D eigenvalue weighted by atomic mass is 9.89. The number of imidazole rings is 1. The third-order valence-corrected chi connectivity index (χ3v) is 5.22. The molecule has 1 aromatic heterocycles. The first-order valence-electron chi connectivity index (χ1n) is 9.12. The Labute approximate surface area is 144 Å². The largest absolute Gasteiger partial charge is 0.466 e. The number of aromatic nitrogens is 2. The second-order valence-electron chi connectivity index (χ2n) is 7.07. The molecule has 2 fully saturated rings. The second kappa shape index (κ2) is 7.66. The van der Waals surface area contributed by atoms with Crippen LogP contribution >= 0.6 is 0 Å². The number of carbonyl (C=O) groups is 1. The molecule has 2 saturated heterocycles. The topological polar surface area (TPSA) is 56.6 Å². The molecule has 0 radical (unpaired) electrons. The highest BCUT2D eigenvalue weighted by Crippen LogP contribution is 2.39. The maximum absolute atomic E-state index is 11.5. The number of piperidine rings is 1. The lowest BCUT2D eigenvalue weighted by Crippen LogP contribution is -2.48. The molecule has 3 rings (SSSR count). The molecule has 24 heavy (non-hydrogen) atoms. The van der Waals surface area contributed by atoms with E-state index in [1.807, 2.05) is 26.4 Å². The van der Waals surface area contributed by atoms with Gasteiger partial charge in [0.05, 0.1) is 24.9 Å². The van der Waals surface area contributed by atoms with Gasteiger partial charge in [0.25, 0.3) is 0 Å². The third-order valence-electron chi connectivity index (χ3n) is 5.22. The van der Waals surface area contributed by atoms with Crippen molar-refractivity contribution >= 4 is 5.97 Å². The molecule has 0 saturated carbocycles. The summed E-state index contributed by atoms with van der Waals surface area (Å²) in [5.74, 6) is 0.992. The molecular weight excluding hydrogens is 306 g/mol. The summed E-state index contributed by atoms with van der Waals surface area (Å²) < 4.78 is 13.5. The van der Waals surface area contributed by atoms with E-state index in [-0.39, 0.29) is 17.7 Å². The van der Waals surface area contributed by atoms with E-state index >= 15 is 0 Å². The lowest BCUT2D eigenvalue weighted by molar-refractivity contribution is -0.144. The van der Waals surface area contributed by atoms with Crippen LogP contribution in [0.4, 0.5) is 0 Å². The van der Waals surface area contributed by atoms with Gasteiger partial charge in [0.2, 0.25) is 0 Å². The predicted molar refractivity (Wildman–Crippen MR) is 90.4 cm³/mol. The van der Waals surface area contributed by atoms with Gasteiger partial charge >= 0.3 is 5.97 Å². The van der Waals surface area contributed by atoms with E-state index in [1.165, 1.54) is 0 Å². The minimum Gasteiger partial charge on any atom is -0.466 e. The number of hydrogen-bond acceptors (Lipinski definition) is 5. The van der Waals surface area contributed by atoms with Crippen LogP contribution in [0.25, 0.3) is 0 Å². The Morgan fingerprint density at radius 2 is 2.38 bits per heavy atom. The molecule has 6 heteroatoms. The molecule has 0 N–H and O–H groups in total. The Balaban J connectivity index is 1.51. The van der Waals surface area contributed by atoms with Crippen LogP contribution in [0, 0.1) is 0 Å². The van der Waals surface area contributed by atoms with E-state index in [9.17, 15) is 4.79 Å². The van der Waals surface area contributed by atoms with Gasteiger partial charge < -0.3 is 14.0 Å². The first-order valence-corrected chi connectivity index (χ1v) is 9.12. The molecule has 0 aromatic carbocycles. The van der Waals surface area contributed by atoms with Crippen LogP contribution in [0.3, 0.4) is 0 Å². The molecule has 1 aromatic rings. The van der Waals surface area contributed by atoms with Gasteiger partial charge in [-0.05, 0) is 45.6 Å². The van der Waals surface area contributed by atoms with Crippen molar-refractivity contribution in [2.24, 2.45) is 7.05 Å². The van der Waals surface area contributed by atoms with Crippen molar-refractivity contribution in [1.82, 2.24) is 14.5 Å². The molecular formula is C18H29N3O3. The summed E-state index contributed by atoms with van der Waals surface area (Å²) in [7, 11) is 2.04. The molecule has 3 heterocycles. The van der Waals surface area contributed by atoms with E-state index in [4.69, 9.17) is 9.47 Å². The van der Waals surface area contributed by atoms with Crippen molar-refractivity contribution in [1.29, 1.82) is 0 Å². The van der Waals surface area contributed by atoms with Crippen molar-refractivity contribution in [2.45, 2.75) is 63.7 Å². The number of aryl methyl sites for hydroxylation is 1. The Morgan fingerprint density at radius 3 is 3.12 bits per heavy atom. The van der Waals surface area contributed by atoms with Crippen LogP contribution < -0.4 is 0 Å². The Morgan fingerprint density at radius 1 is 1.50 bits per heavy atom. The van der Waals surface area contributed by atoms with Crippen molar-refractivity contribution in [2.75, 3.05) is 19.7 Å². The molecule has 6 nitrogen and oxygen atoms in total. The first-order chi connectivity index (χ1) is 11.6. The Bertz CT molecular complexity index is 559. The van der Waals surface area contributed by atoms with Crippen LogP contribution in [0.15, 0.2) is 12.4 Å². The minimum atomic E-state index is -0.109. The second-order valence-corrected chi connectivity index (χ2v) is 7.07. The van der Waals surface area contributed by atoms with Crippen molar-refractivity contribution in [3.05, 3.63) is 18.2 Å². The number of hydrogen-bond donors (Lipinski definition) is 0. The highest BCUT2D eigenvalue weighted by molar-refractivity contribution is 5.69. The normalized spacial score (nSPS) is 27.7. The minimum absolute atomic E-state index is 0.0251. The summed E-state index contributed by atoms with van der Waals surface area (Å²) in [6.45, 7) is 5.25. The molecule has 1 spiro atoms. The summed E-state index contributed by atoms with van der Waals surface area (Å²) in [5, 5.41) is 0. The predicted octanol–water partition coefficient (Wildman–Crippen LogP) is 2.28. The Kier molecular flexibility index (Phi) is 5.56. The zero-order chi connectivity index (χ0) is 17.0. The van der Waals surface area contributed by atoms with Gasteiger partial charge in [-0.15, -0.1) is 0 Å². The SMILES string of the molecule is CCOC(=O)CC[C@@H]1CC[C@]2(CCCN(Cc3nccn3C)C2)O1. The number of nitrogens with zero attached hydrogens (tertiary/aromatic N) is 3. The number of rotatable bonds is 6.